The topological polar surface area (TPSA) is 71.1 Å². The Bertz CT molecular complexity index is 1260. The monoisotopic (exact) mass is 585 g/mol. The van der Waals surface area contributed by atoms with E-state index in [9.17, 15) is 9.59 Å². The summed E-state index contributed by atoms with van der Waals surface area (Å²) in [6, 6.07) is 17.9. The maximum atomic E-state index is 12.9. The molecule has 3 aromatic rings. The summed E-state index contributed by atoms with van der Waals surface area (Å²) in [7, 11) is 1.57. The third-order valence-electron chi connectivity index (χ3n) is 6.10. The van der Waals surface area contributed by atoms with Crippen LogP contribution in [-0.4, -0.2) is 56.6 Å². The first-order chi connectivity index (χ1) is 17.9. The van der Waals surface area contributed by atoms with E-state index >= 15 is 0 Å². The molecule has 0 aliphatic carbocycles. The van der Waals surface area contributed by atoms with E-state index in [-0.39, 0.29) is 11.8 Å². The Morgan fingerprint density at radius 3 is 2.30 bits per heavy atom. The molecule has 9 heteroatoms. The van der Waals surface area contributed by atoms with Gasteiger partial charge in [-0.3, -0.25) is 9.59 Å². The van der Waals surface area contributed by atoms with Crippen molar-refractivity contribution >= 4 is 50.7 Å². The number of methoxy groups -OCH3 is 1. The lowest BCUT2D eigenvalue weighted by molar-refractivity contribution is 0.0746. The SMILES string of the molecule is CCCOc1ccc(C(=O)N2CCN(c3ccc(NC(=O)c4ccc(OC)c(Br)c4)cc3Cl)CC2)cc1. The van der Waals surface area contributed by atoms with Gasteiger partial charge in [-0.15, -0.1) is 0 Å². The summed E-state index contributed by atoms with van der Waals surface area (Å²) >= 11 is 10.00. The highest BCUT2D eigenvalue weighted by Gasteiger charge is 2.23. The largest absolute Gasteiger partial charge is 0.496 e. The molecule has 0 spiro atoms. The van der Waals surface area contributed by atoms with Crippen LogP contribution in [-0.2, 0) is 0 Å². The molecule has 37 heavy (non-hydrogen) atoms. The predicted molar refractivity (Wildman–Crippen MR) is 150 cm³/mol. The minimum absolute atomic E-state index is 0.0102. The molecule has 4 rings (SSSR count). The zero-order chi connectivity index (χ0) is 26.4. The average Bonchev–Trinajstić information content (AvgIpc) is 2.92. The molecule has 2 amide bonds. The number of benzene rings is 3. The molecule has 1 aliphatic heterocycles. The molecule has 1 saturated heterocycles. The van der Waals surface area contributed by atoms with E-state index in [2.05, 4.69) is 33.1 Å². The van der Waals surface area contributed by atoms with Crippen molar-refractivity contribution < 1.29 is 19.1 Å². The number of carbonyl (C=O) groups excluding carboxylic acids is 2. The Labute approximate surface area is 230 Å². The third-order valence-corrected chi connectivity index (χ3v) is 7.02. The maximum Gasteiger partial charge on any atom is 0.255 e. The van der Waals surface area contributed by atoms with Gasteiger partial charge in [0.1, 0.15) is 11.5 Å². The first-order valence-electron chi connectivity index (χ1n) is 12.1. The molecule has 0 atom stereocenters. The summed E-state index contributed by atoms with van der Waals surface area (Å²) in [6.07, 6.45) is 0.939. The van der Waals surface area contributed by atoms with Crippen LogP contribution in [0.1, 0.15) is 34.1 Å². The van der Waals surface area contributed by atoms with Gasteiger partial charge >= 0.3 is 0 Å². The zero-order valence-corrected chi connectivity index (χ0v) is 23.1. The van der Waals surface area contributed by atoms with E-state index in [1.165, 1.54) is 0 Å². The van der Waals surface area contributed by atoms with Crippen LogP contribution in [0.4, 0.5) is 11.4 Å². The summed E-state index contributed by atoms with van der Waals surface area (Å²) in [5.41, 5.74) is 2.62. The number of carbonyl (C=O) groups is 2. The number of piperazine rings is 1. The highest BCUT2D eigenvalue weighted by atomic mass is 79.9. The lowest BCUT2D eigenvalue weighted by atomic mass is 10.1. The molecule has 3 aromatic carbocycles. The second kappa shape index (κ2) is 12.3. The first kappa shape index (κ1) is 26.8. The molecular formula is C28H29BrClN3O4. The van der Waals surface area contributed by atoms with Gasteiger partial charge in [-0.05, 0) is 83.0 Å². The van der Waals surface area contributed by atoms with E-state index in [0.717, 1.165) is 17.9 Å². The highest BCUT2D eigenvalue weighted by Crippen LogP contribution is 2.31. The quantitative estimate of drug-likeness (QED) is 0.345. The van der Waals surface area contributed by atoms with Crippen molar-refractivity contribution in [1.29, 1.82) is 0 Å². The Hall–Kier alpha value is -3.23. The highest BCUT2D eigenvalue weighted by molar-refractivity contribution is 9.10. The van der Waals surface area contributed by atoms with Crippen molar-refractivity contribution in [1.82, 2.24) is 4.90 Å². The lowest BCUT2D eigenvalue weighted by Gasteiger charge is -2.36. The Balaban J connectivity index is 1.34. The molecule has 0 aromatic heterocycles. The molecule has 0 bridgehead atoms. The lowest BCUT2D eigenvalue weighted by Crippen LogP contribution is -2.48. The van der Waals surface area contributed by atoms with Crippen LogP contribution in [0.25, 0.3) is 0 Å². The zero-order valence-electron chi connectivity index (χ0n) is 20.8. The van der Waals surface area contributed by atoms with Crippen LogP contribution in [0.2, 0.25) is 5.02 Å². The van der Waals surface area contributed by atoms with Gasteiger partial charge in [-0.2, -0.15) is 0 Å². The number of ether oxygens (including phenoxy) is 2. The molecule has 1 fully saturated rings. The van der Waals surface area contributed by atoms with Gasteiger partial charge < -0.3 is 24.6 Å². The van der Waals surface area contributed by atoms with Gasteiger partial charge in [0.2, 0.25) is 0 Å². The molecule has 1 aliphatic rings. The summed E-state index contributed by atoms with van der Waals surface area (Å²) in [5, 5.41) is 3.42. The fourth-order valence-electron chi connectivity index (χ4n) is 4.10. The van der Waals surface area contributed by atoms with Gasteiger partial charge in [0.05, 0.1) is 28.9 Å². The second-order valence-electron chi connectivity index (χ2n) is 8.62. The van der Waals surface area contributed by atoms with Crippen molar-refractivity contribution in [2.45, 2.75) is 13.3 Å². The standard InChI is InChI=1S/C28H29BrClN3O4/c1-3-16-37-22-8-4-19(5-9-22)28(35)33-14-12-32(13-15-33)25-10-7-21(18-24(25)30)31-27(34)20-6-11-26(36-2)23(29)17-20/h4-11,17-18H,3,12-16H2,1-2H3,(H,31,34). The summed E-state index contributed by atoms with van der Waals surface area (Å²) in [4.78, 5) is 29.6. The van der Waals surface area contributed by atoms with E-state index in [4.69, 9.17) is 21.1 Å². The number of nitrogens with zero attached hydrogens (tertiary/aromatic N) is 2. The number of halogens is 2. The van der Waals surface area contributed by atoms with E-state index < -0.39 is 0 Å². The average molecular weight is 587 g/mol. The van der Waals surface area contributed by atoms with E-state index in [1.54, 1.807) is 31.4 Å². The number of anilines is 2. The van der Waals surface area contributed by atoms with Crippen molar-refractivity contribution in [3.8, 4) is 11.5 Å². The van der Waals surface area contributed by atoms with E-state index in [1.807, 2.05) is 41.3 Å². The molecule has 1 N–H and O–H groups in total. The van der Waals surface area contributed by atoms with Crippen LogP contribution in [0.3, 0.4) is 0 Å². The van der Waals surface area contributed by atoms with Crippen molar-refractivity contribution in [3.63, 3.8) is 0 Å². The van der Waals surface area contributed by atoms with Crippen LogP contribution < -0.4 is 19.7 Å². The minimum atomic E-state index is -0.246. The number of hydrogen-bond acceptors (Lipinski definition) is 5. The number of hydrogen-bond donors (Lipinski definition) is 1. The van der Waals surface area contributed by atoms with Crippen LogP contribution in [0.15, 0.2) is 65.1 Å². The molecule has 194 valence electrons. The summed E-state index contributed by atoms with van der Waals surface area (Å²) < 4.78 is 11.5. The summed E-state index contributed by atoms with van der Waals surface area (Å²) in [6.45, 7) is 5.22. The first-order valence-corrected chi connectivity index (χ1v) is 13.3. The second-order valence-corrected chi connectivity index (χ2v) is 9.88. The van der Waals surface area contributed by atoms with Gasteiger partial charge in [-0.1, -0.05) is 18.5 Å². The van der Waals surface area contributed by atoms with E-state index in [0.29, 0.717) is 64.8 Å². The number of amides is 2. The molecule has 0 radical (unpaired) electrons. The number of rotatable bonds is 8. The smallest absolute Gasteiger partial charge is 0.255 e. The van der Waals surface area contributed by atoms with Gasteiger partial charge in [0.15, 0.2) is 0 Å². The Kier molecular flexibility index (Phi) is 8.95. The van der Waals surface area contributed by atoms with Crippen molar-refractivity contribution in [3.05, 3.63) is 81.3 Å². The predicted octanol–water partition coefficient (Wildman–Crippen LogP) is 6.11. The third kappa shape index (κ3) is 6.56. The molecular weight excluding hydrogens is 558 g/mol. The Morgan fingerprint density at radius 2 is 1.68 bits per heavy atom. The van der Waals surface area contributed by atoms with Gasteiger partial charge in [-0.25, -0.2) is 0 Å². The summed E-state index contributed by atoms with van der Waals surface area (Å²) in [5.74, 6) is 1.19. The Morgan fingerprint density at radius 1 is 0.973 bits per heavy atom. The van der Waals surface area contributed by atoms with Crippen LogP contribution >= 0.6 is 27.5 Å². The molecule has 7 nitrogen and oxygen atoms in total. The normalized spacial score (nSPS) is 13.3. The fraction of sp³-hybridized carbons (Fsp3) is 0.286. The minimum Gasteiger partial charge on any atom is -0.496 e. The molecule has 1 heterocycles. The fourth-order valence-corrected chi connectivity index (χ4v) is 4.94. The molecule has 0 saturated carbocycles. The maximum absolute atomic E-state index is 12.9. The number of nitrogens with one attached hydrogen (secondary N) is 1. The van der Waals surface area contributed by atoms with Gasteiger partial charge in [0, 0.05) is 43.0 Å². The van der Waals surface area contributed by atoms with Gasteiger partial charge in [0.25, 0.3) is 11.8 Å². The van der Waals surface area contributed by atoms with Crippen molar-refractivity contribution in [2.75, 3.05) is 50.1 Å². The van der Waals surface area contributed by atoms with Crippen LogP contribution in [0.5, 0.6) is 11.5 Å². The van der Waals surface area contributed by atoms with Crippen molar-refractivity contribution in [2.24, 2.45) is 0 Å². The molecule has 0 unspecified atom stereocenters. The van der Waals surface area contributed by atoms with Crippen LogP contribution in [0, 0.1) is 0 Å².